The SMILES string of the molecule is COc1cc(/C=C2/SC(=O)N(Cc3ccc4ccccc4c3)C2=O)cc(OC)c1O. The van der Waals surface area contributed by atoms with Crippen LogP contribution in [0.15, 0.2) is 59.5 Å². The number of fused-ring (bicyclic) bond motifs is 1. The largest absolute Gasteiger partial charge is 0.502 e. The number of methoxy groups -OCH3 is 2. The molecule has 152 valence electrons. The lowest BCUT2D eigenvalue weighted by atomic mass is 10.1. The molecule has 6 nitrogen and oxygen atoms in total. The highest BCUT2D eigenvalue weighted by Crippen LogP contribution is 2.39. The molecule has 0 radical (unpaired) electrons. The topological polar surface area (TPSA) is 76.1 Å². The maximum absolute atomic E-state index is 12.9. The standard InChI is InChI=1S/C23H19NO5S/c1-28-18-10-15(11-19(29-2)21(18)25)12-20-22(26)24(23(27)30-20)13-14-7-8-16-5-3-4-6-17(16)9-14/h3-12,25H,13H2,1-2H3/b20-12+. The van der Waals surface area contributed by atoms with Gasteiger partial charge in [-0.3, -0.25) is 14.5 Å². The lowest BCUT2D eigenvalue weighted by molar-refractivity contribution is -0.123. The minimum atomic E-state index is -0.357. The van der Waals surface area contributed by atoms with Gasteiger partial charge in [-0.15, -0.1) is 0 Å². The Morgan fingerprint density at radius 1 is 0.967 bits per heavy atom. The minimum Gasteiger partial charge on any atom is -0.502 e. The zero-order valence-electron chi connectivity index (χ0n) is 16.4. The van der Waals surface area contributed by atoms with E-state index in [0.717, 1.165) is 28.1 Å². The van der Waals surface area contributed by atoms with Crippen LogP contribution in [0.1, 0.15) is 11.1 Å². The zero-order valence-corrected chi connectivity index (χ0v) is 17.2. The van der Waals surface area contributed by atoms with Gasteiger partial charge in [0.2, 0.25) is 5.75 Å². The van der Waals surface area contributed by atoms with Crippen molar-refractivity contribution < 1.29 is 24.2 Å². The van der Waals surface area contributed by atoms with Crippen LogP contribution in [0.4, 0.5) is 4.79 Å². The molecule has 1 aliphatic heterocycles. The summed E-state index contributed by atoms with van der Waals surface area (Å²) in [6.07, 6.45) is 1.59. The van der Waals surface area contributed by atoms with Gasteiger partial charge in [-0.1, -0.05) is 36.4 Å². The first-order valence-electron chi connectivity index (χ1n) is 9.18. The average Bonchev–Trinajstić information content (AvgIpc) is 3.02. The van der Waals surface area contributed by atoms with E-state index in [1.54, 1.807) is 18.2 Å². The number of imide groups is 1. The summed E-state index contributed by atoms with van der Waals surface area (Å²) < 4.78 is 10.3. The molecule has 4 rings (SSSR count). The first-order valence-corrected chi connectivity index (χ1v) is 10.00. The van der Waals surface area contributed by atoms with Gasteiger partial charge in [0, 0.05) is 0 Å². The lowest BCUT2D eigenvalue weighted by Gasteiger charge is -2.13. The van der Waals surface area contributed by atoms with Gasteiger partial charge in [-0.05, 0) is 57.9 Å². The monoisotopic (exact) mass is 421 g/mol. The van der Waals surface area contributed by atoms with Crippen molar-refractivity contribution >= 4 is 39.8 Å². The molecular formula is C23H19NO5S. The number of carbonyl (C=O) groups is 2. The van der Waals surface area contributed by atoms with Crippen molar-refractivity contribution in [1.82, 2.24) is 4.90 Å². The third kappa shape index (κ3) is 3.71. The Morgan fingerprint density at radius 3 is 2.30 bits per heavy atom. The molecule has 1 heterocycles. The van der Waals surface area contributed by atoms with Crippen LogP contribution in [-0.2, 0) is 11.3 Å². The van der Waals surface area contributed by atoms with Crippen LogP contribution in [0.3, 0.4) is 0 Å². The molecule has 0 aromatic heterocycles. The predicted molar refractivity (Wildman–Crippen MR) is 117 cm³/mol. The number of phenolic OH excluding ortho intramolecular Hbond substituents is 1. The fraction of sp³-hybridized carbons (Fsp3) is 0.130. The van der Waals surface area contributed by atoms with E-state index in [0.29, 0.717) is 10.5 Å². The fourth-order valence-electron chi connectivity index (χ4n) is 3.30. The van der Waals surface area contributed by atoms with Crippen LogP contribution in [0.5, 0.6) is 17.2 Å². The number of thioether (sulfide) groups is 1. The van der Waals surface area contributed by atoms with Crippen molar-refractivity contribution in [3.63, 3.8) is 0 Å². The molecule has 30 heavy (non-hydrogen) atoms. The van der Waals surface area contributed by atoms with Crippen LogP contribution in [0.25, 0.3) is 16.8 Å². The number of amides is 2. The molecule has 3 aromatic rings. The minimum absolute atomic E-state index is 0.124. The average molecular weight is 421 g/mol. The summed E-state index contributed by atoms with van der Waals surface area (Å²) in [5, 5.41) is 11.9. The van der Waals surface area contributed by atoms with Crippen LogP contribution in [-0.4, -0.2) is 35.4 Å². The molecule has 3 aromatic carbocycles. The van der Waals surface area contributed by atoms with Crippen molar-refractivity contribution in [2.75, 3.05) is 14.2 Å². The number of carbonyl (C=O) groups excluding carboxylic acids is 2. The number of benzene rings is 3. The zero-order chi connectivity index (χ0) is 21.3. The molecule has 0 atom stereocenters. The van der Waals surface area contributed by atoms with Gasteiger partial charge in [0.1, 0.15) is 0 Å². The Bertz CT molecular complexity index is 1160. The second-order valence-electron chi connectivity index (χ2n) is 6.72. The van der Waals surface area contributed by atoms with Gasteiger partial charge < -0.3 is 14.6 Å². The molecule has 2 amide bonds. The van der Waals surface area contributed by atoms with E-state index in [9.17, 15) is 14.7 Å². The van der Waals surface area contributed by atoms with E-state index in [1.807, 2.05) is 42.5 Å². The number of nitrogens with zero attached hydrogens (tertiary/aromatic N) is 1. The normalized spacial score (nSPS) is 15.3. The smallest absolute Gasteiger partial charge is 0.293 e. The maximum atomic E-state index is 12.9. The molecule has 1 saturated heterocycles. The van der Waals surface area contributed by atoms with Gasteiger partial charge in [0.25, 0.3) is 11.1 Å². The molecule has 1 aliphatic rings. The summed E-state index contributed by atoms with van der Waals surface area (Å²) in [6, 6.07) is 17.0. The fourth-order valence-corrected chi connectivity index (χ4v) is 4.14. The number of ether oxygens (including phenoxy) is 2. The van der Waals surface area contributed by atoms with Crippen LogP contribution < -0.4 is 9.47 Å². The van der Waals surface area contributed by atoms with Crippen molar-refractivity contribution in [2.24, 2.45) is 0 Å². The third-order valence-electron chi connectivity index (χ3n) is 4.83. The summed E-state index contributed by atoms with van der Waals surface area (Å²) >= 11 is 0.885. The van der Waals surface area contributed by atoms with Gasteiger partial charge in [0.05, 0.1) is 25.7 Å². The summed E-state index contributed by atoms with van der Waals surface area (Å²) in [7, 11) is 2.85. The number of aromatic hydroxyl groups is 1. The summed E-state index contributed by atoms with van der Waals surface area (Å²) in [4.78, 5) is 26.9. The number of rotatable bonds is 5. The van der Waals surface area contributed by atoms with Crippen LogP contribution in [0, 0.1) is 0 Å². The first-order chi connectivity index (χ1) is 14.5. The summed E-state index contributed by atoms with van der Waals surface area (Å²) in [6.45, 7) is 0.203. The van der Waals surface area contributed by atoms with Crippen molar-refractivity contribution in [1.29, 1.82) is 0 Å². The molecule has 0 bridgehead atoms. The Morgan fingerprint density at radius 2 is 1.63 bits per heavy atom. The molecule has 1 fully saturated rings. The molecule has 0 unspecified atom stereocenters. The van der Waals surface area contributed by atoms with E-state index < -0.39 is 0 Å². The number of hydrogen-bond acceptors (Lipinski definition) is 6. The predicted octanol–water partition coefficient (Wildman–Crippen LogP) is 4.80. The Kier molecular flexibility index (Phi) is 5.37. The molecule has 0 spiro atoms. The Labute approximate surface area is 177 Å². The lowest BCUT2D eigenvalue weighted by Crippen LogP contribution is -2.27. The van der Waals surface area contributed by atoms with E-state index >= 15 is 0 Å². The number of hydrogen-bond donors (Lipinski definition) is 1. The third-order valence-corrected chi connectivity index (χ3v) is 5.74. The highest BCUT2D eigenvalue weighted by molar-refractivity contribution is 8.18. The Balaban J connectivity index is 1.60. The van der Waals surface area contributed by atoms with E-state index in [1.165, 1.54) is 19.1 Å². The first kappa shape index (κ1) is 19.8. The van der Waals surface area contributed by atoms with Gasteiger partial charge in [-0.2, -0.15) is 0 Å². The summed E-state index contributed by atoms with van der Waals surface area (Å²) in [5.74, 6) is -0.0438. The highest BCUT2D eigenvalue weighted by atomic mass is 32.2. The Hall–Kier alpha value is -3.45. The second-order valence-corrected chi connectivity index (χ2v) is 7.72. The molecule has 0 saturated carbocycles. The molecular weight excluding hydrogens is 402 g/mol. The summed E-state index contributed by atoms with van der Waals surface area (Å²) in [5.41, 5.74) is 1.46. The van der Waals surface area contributed by atoms with E-state index in [2.05, 4.69) is 0 Å². The highest BCUT2D eigenvalue weighted by Gasteiger charge is 2.35. The van der Waals surface area contributed by atoms with Gasteiger partial charge in [-0.25, -0.2) is 0 Å². The quantitative estimate of drug-likeness (QED) is 0.597. The second kappa shape index (κ2) is 8.12. The number of phenols is 1. The van der Waals surface area contributed by atoms with Crippen LogP contribution >= 0.6 is 11.8 Å². The van der Waals surface area contributed by atoms with Gasteiger partial charge in [0.15, 0.2) is 11.5 Å². The van der Waals surface area contributed by atoms with Crippen molar-refractivity contribution in [3.8, 4) is 17.2 Å². The van der Waals surface area contributed by atoms with E-state index in [-0.39, 0.29) is 34.9 Å². The van der Waals surface area contributed by atoms with E-state index in [4.69, 9.17) is 9.47 Å². The van der Waals surface area contributed by atoms with Crippen LogP contribution in [0.2, 0.25) is 0 Å². The maximum Gasteiger partial charge on any atom is 0.293 e. The molecule has 7 heteroatoms. The molecule has 0 aliphatic carbocycles. The van der Waals surface area contributed by atoms with Gasteiger partial charge >= 0.3 is 0 Å². The van der Waals surface area contributed by atoms with Crippen molar-refractivity contribution in [2.45, 2.75) is 6.54 Å². The molecule has 1 N–H and O–H groups in total. The van der Waals surface area contributed by atoms with Crippen molar-refractivity contribution in [3.05, 3.63) is 70.6 Å².